The Labute approximate surface area is 131 Å². The number of hydrogen-bond donors (Lipinski definition) is 1. The third kappa shape index (κ3) is 4.94. The molecule has 1 unspecified atom stereocenters. The molecule has 0 saturated carbocycles. The van der Waals surface area contributed by atoms with Gasteiger partial charge in [-0.3, -0.25) is 4.79 Å². The molecular weight excluding hydrogens is 278 g/mol. The molecule has 3 heteroatoms. The highest BCUT2D eigenvalue weighted by molar-refractivity contribution is 7.98. The number of rotatable bonds is 6. The highest BCUT2D eigenvalue weighted by atomic mass is 32.2. The van der Waals surface area contributed by atoms with Crippen molar-refractivity contribution in [1.29, 1.82) is 0 Å². The Morgan fingerprint density at radius 1 is 1.10 bits per heavy atom. The maximum Gasteiger partial charge on any atom is 0.251 e. The molecule has 0 aliphatic rings. The predicted molar refractivity (Wildman–Crippen MR) is 89.7 cm³/mol. The predicted octanol–water partition coefficient (Wildman–Crippen LogP) is 4.51. The maximum absolute atomic E-state index is 12.0. The topological polar surface area (TPSA) is 29.1 Å². The second kappa shape index (κ2) is 7.89. The number of carbonyl (C=O) groups is 1. The van der Waals surface area contributed by atoms with Crippen molar-refractivity contribution in [2.45, 2.75) is 37.0 Å². The zero-order valence-corrected chi connectivity index (χ0v) is 13.3. The van der Waals surface area contributed by atoms with Crippen LogP contribution < -0.4 is 5.32 Å². The van der Waals surface area contributed by atoms with Crippen molar-refractivity contribution in [2.24, 2.45) is 0 Å². The zero-order chi connectivity index (χ0) is 15.1. The first-order chi connectivity index (χ1) is 10.2. The Balaban J connectivity index is 1.91. The normalized spacial score (nSPS) is 11.9. The number of thioether (sulfide) groups is 1. The lowest BCUT2D eigenvalue weighted by Crippen LogP contribution is -2.31. The van der Waals surface area contributed by atoms with Crippen molar-refractivity contribution < 1.29 is 4.79 Å². The smallest absolute Gasteiger partial charge is 0.251 e. The minimum atomic E-state index is 0.00612. The van der Waals surface area contributed by atoms with Crippen LogP contribution in [0.2, 0.25) is 0 Å². The summed E-state index contributed by atoms with van der Waals surface area (Å²) in [5.74, 6) is 0.920. The van der Waals surface area contributed by atoms with Crippen LogP contribution in [-0.2, 0) is 5.75 Å². The quantitative estimate of drug-likeness (QED) is 0.795. The Hall–Kier alpha value is -1.74. The number of nitrogens with one attached hydrogen (secondary N) is 1. The van der Waals surface area contributed by atoms with E-state index in [1.54, 1.807) is 11.8 Å². The molecule has 110 valence electrons. The van der Waals surface area contributed by atoms with Crippen molar-refractivity contribution in [3.63, 3.8) is 0 Å². The van der Waals surface area contributed by atoms with Gasteiger partial charge in [0.2, 0.25) is 0 Å². The van der Waals surface area contributed by atoms with Gasteiger partial charge in [-0.2, -0.15) is 0 Å². The van der Waals surface area contributed by atoms with Gasteiger partial charge in [-0.25, -0.2) is 0 Å². The number of hydrogen-bond acceptors (Lipinski definition) is 2. The molecule has 2 rings (SSSR count). The largest absolute Gasteiger partial charge is 0.350 e. The summed E-state index contributed by atoms with van der Waals surface area (Å²) in [6.07, 6.45) is 0.942. The van der Waals surface area contributed by atoms with Gasteiger partial charge in [0, 0.05) is 22.3 Å². The third-order valence-corrected chi connectivity index (χ3v) is 4.44. The van der Waals surface area contributed by atoms with E-state index in [9.17, 15) is 4.79 Å². The number of carbonyl (C=O) groups excluding carboxylic acids is 1. The monoisotopic (exact) mass is 299 g/mol. The van der Waals surface area contributed by atoms with Gasteiger partial charge in [-0.15, -0.1) is 11.8 Å². The van der Waals surface area contributed by atoms with Gasteiger partial charge < -0.3 is 5.32 Å². The minimum Gasteiger partial charge on any atom is -0.350 e. The van der Waals surface area contributed by atoms with E-state index in [1.165, 1.54) is 10.5 Å². The molecule has 0 spiro atoms. The number of amides is 1. The highest BCUT2D eigenvalue weighted by Gasteiger charge is 2.08. The molecule has 0 aliphatic carbocycles. The first kappa shape index (κ1) is 15.6. The average Bonchev–Trinajstić information content (AvgIpc) is 2.54. The summed E-state index contributed by atoms with van der Waals surface area (Å²) >= 11 is 1.80. The van der Waals surface area contributed by atoms with Gasteiger partial charge in [-0.1, -0.05) is 37.3 Å². The van der Waals surface area contributed by atoms with Gasteiger partial charge >= 0.3 is 0 Å². The standard InChI is InChI=1S/C18H21NOS/c1-3-14(2)19-18(20)16-11-9-15(10-12-16)13-21-17-7-5-4-6-8-17/h4-12,14H,3,13H2,1-2H3,(H,19,20). The Morgan fingerprint density at radius 3 is 2.38 bits per heavy atom. The van der Waals surface area contributed by atoms with Crippen LogP contribution in [-0.4, -0.2) is 11.9 Å². The lowest BCUT2D eigenvalue weighted by molar-refractivity contribution is 0.0939. The van der Waals surface area contributed by atoms with E-state index in [2.05, 4.69) is 24.4 Å². The van der Waals surface area contributed by atoms with Crippen LogP contribution in [0.25, 0.3) is 0 Å². The molecule has 0 bridgehead atoms. The molecule has 1 amide bonds. The van der Waals surface area contributed by atoms with E-state index in [0.29, 0.717) is 0 Å². The molecule has 0 aromatic heterocycles. The lowest BCUT2D eigenvalue weighted by atomic mass is 10.1. The Kier molecular flexibility index (Phi) is 5.88. The molecule has 0 aliphatic heterocycles. The van der Waals surface area contributed by atoms with Gasteiger partial charge in [0.15, 0.2) is 0 Å². The summed E-state index contributed by atoms with van der Waals surface area (Å²) in [5.41, 5.74) is 1.95. The lowest BCUT2D eigenvalue weighted by Gasteiger charge is -2.11. The Morgan fingerprint density at radius 2 is 1.76 bits per heavy atom. The van der Waals surface area contributed by atoms with Gasteiger partial charge in [0.1, 0.15) is 0 Å². The molecule has 0 heterocycles. The SMILES string of the molecule is CCC(C)NC(=O)c1ccc(CSc2ccccc2)cc1. The van der Waals surface area contributed by atoms with E-state index in [0.717, 1.165) is 17.7 Å². The van der Waals surface area contributed by atoms with Crippen LogP contribution in [0.1, 0.15) is 36.2 Å². The van der Waals surface area contributed by atoms with E-state index >= 15 is 0 Å². The first-order valence-corrected chi connectivity index (χ1v) is 8.25. The van der Waals surface area contributed by atoms with Crippen molar-refractivity contribution in [1.82, 2.24) is 5.32 Å². The number of benzene rings is 2. The van der Waals surface area contributed by atoms with Crippen LogP contribution in [0.4, 0.5) is 0 Å². The summed E-state index contributed by atoms with van der Waals surface area (Å²) in [5, 5.41) is 2.98. The van der Waals surface area contributed by atoms with Crippen LogP contribution in [0, 0.1) is 0 Å². The first-order valence-electron chi connectivity index (χ1n) is 7.26. The average molecular weight is 299 g/mol. The van der Waals surface area contributed by atoms with Crippen molar-refractivity contribution >= 4 is 17.7 Å². The molecule has 21 heavy (non-hydrogen) atoms. The van der Waals surface area contributed by atoms with Crippen LogP contribution in [0.5, 0.6) is 0 Å². The van der Waals surface area contributed by atoms with Gasteiger partial charge in [0.05, 0.1) is 0 Å². The van der Waals surface area contributed by atoms with Crippen molar-refractivity contribution in [3.05, 3.63) is 65.7 Å². The van der Waals surface area contributed by atoms with Gasteiger partial charge in [-0.05, 0) is 43.2 Å². The molecule has 0 fully saturated rings. The van der Waals surface area contributed by atoms with Gasteiger partial charge in [0.25, 0.3) is 5.91 Å². The maximum atomic E-state index is 12.0. The third-order valence-electron chi connectivity index (χ3n) is 3.35. The minimum absolute atomic E-state index is 0.00612. The fourth-order valence-electron chi connectivity index (χ4n) is 1.84. The van der Waals surface area contributed by atoms with E-state index in [1.807, 2.05) is 49.4 Å². The fourth-order valence-corrected chi connectivity index (χ4v) is 2.72. The molecule has 2 aromatic carbocycles. The molecule has 1 atom stereocenters. The molecule has 1 N–H and O–H groups in total. The Bertz CT molecular complexity index is 566. The van der Waals surface area contributed by atoms with Crippen LogP contribution in [0.15, 0.2) is 59.5 Å². The van der Waals surface area contributed by atoms with E-state index in [-0.39, 0.29) is 11.9 Å². The molecule has 0 saturated heterocycles. The summed E-state index contributed by atoms with van der Waals surface area (Å²) in [6.45, 7) is 4.08. The summed E-state index contributed by atoms with van der Waals surface area (Å²) in [6, 6.07) is 18.4. The van der Waals surface area contributed by atoms with Crippen LogP contribution in [0.3, 0.4) is 0 Å². The second-order valence-corrected chi connectivity index (χ2v) is 6.13. The van der Waals surface area contributed by atoms with Crippen molar-refractivity contribution in [3.8, 4) is 0 Å². The zero-order valence-electron chi connectivity index (χ0n) is 12.5. The van der Waals surface area contributed by atoms with Crippen molar-refractivity contribution in [2.75, 3.05) is 0 Å². The fraction of sp³-hybridized carbons (Fsp3) is 0.278. The molecule has 0 radical (unpaired) electrons. The molecule has 2 aromatic rings. The highest BCUT2D eigenvalue weighted by Crippen LogP contribution is 2.22. The summed E-state index contributed by atoms with van der Waals surface area (Å²) < 4.78 is 0. The van der Waals surface area contributed by atoms with E-state index in [4.69, 9.17) is 0 Å². The van der Waals surface area contributed by atoms with E-state index < -0.39 is 0 Å². The summed E-state index contributed by atoms with van der Waals surface area (Å²) in [4.78, 5) is 13.2. The second-order valence-electron chi connectivity index (χ2n) is 5.08. The molecule has 2 nitrogen and oxygen atoms in total. The summed E-state index contributed by atoms with van der Waals surface area (Å²) in [7, 11) is 0. The molecular formula is C18H21NOS. The van der Waals surface area contributed by atoms with Crippen LogP contribution >= 0.6 is 11.8 Å².